The van der Waals surface area contributed by atoms with E-state index in [0.29, 0.717) is 0 Å². The van der Waals surface area contributed by atoms with Crippen molar-refractivity contribution in [3.05, 3.63) is 65.0 Å². The fourth-order valence-electron chi connectivity index (χ4n) is 4.77. The van der Waals surface area contributed by atoms with Gasteiger partial charge in [0.25, 0.3) is 0 Å². The molecule has 5 rings (SSSR count). The summed E-state index contributed by atoms with van der Waals surface area (Å²) in [5.41, 5.74) is 4.26. The molecule has 0 bridgehead atoms. The van der Waals surface area contributed by atoms with Gasteiger partial charge in [-0.15, -0.1) is 0 Å². The van der Waals surface area contributed by atoms with Gasteiger partial charge in [-0.05, 0) is 0 Å². The molecule has 1 heterocycles. The van der Waals surface area contributed by atoms with Crippen LogP contribution in [0.5, 0.6) is 0 Å². The fraction of sp³-hybridized carbons (Fsp3) is 0.368. The van der Waals surface area contributed by atoms with Crippen LogP contribution in [-0.4, -0.2) is 12.3 Å². The largest absolute Gasteiger partial charge is 1.00 e. The molecular formula is C19H19Cl2PZr. The van der Waals surface area contributed by atoms with Gasteiger partial charge < -0.3 is 24.8 Å². The maximum absolute atomic E-state index is 2.58. The third-order valence-electron chi connectivity index (χ3n) is 5.81. The van der Waals surface area contributed by atoms with Gasteiger partial charge in [-0.1, -0.05) is 0 Å². The van der Waals surface area contributed by atoms with E-state index >= 15 is 0 Å². The van der Waals surface area contributed by atoms with E-state index < -0.39 is 23.2 Å². The molecule has 1 aliphatic heterocycles. The van der Waals surface area contributed by atoms with E-state index in [4.69, 9.17) is 0 Å². The number of fused-ring (bicyclic) bond motifs is 6. The van der Waals surface area contributed by atoms with Gasteiger partial charge in [0.1, 0.15) is 0 Å². The molecule has 6 atom stereocenters. The summed E-state index contributed by atoms with van der Waals surface area (Å²) >= 11 is -0.405. The number of halogens is 2. The molecule has 4 aliphatic rings. The minimum atomic E-state index is -0.405. The van der Waals surface area contributed by atoms with Crippen molar-refractivity contribution in [2.45, 2.75) is 19.3 Å². The van der Waals surface area contributed by atoms with Gasteiger partial charge >= 0.3 is 140 Å². The van der Waals surface area contributed by atoms with E-state index in [-0.39, 0.29) is 32.7 Å². The van der Waals surface area contributed by atoms with Crippen LogP contribution in [0.15, 0.2) is 53.9 Å². The van der Waals surface area contributed by atoms with Gasteiger partial charge in [-0.25, -0.2) is 0 Å². The molecular weight excluding hydrogens is 421 g/mol. The fourth-order valence-corrected chi connectivity index (χ4v) is 16.3. The van der Waals surface area contributed by atoms with E-state index in [1.165, 1.54) is 6.42 Å². The Hall–Kier alpha value is 0.333. The molecule has 1 saturated heterocycles. The van der Waals surface area contributed by atoms with Crippen LogP contribution < -0.4 is 24.8 Å². The summed E-state index contributed by atoms with van der Waals surface area (Å²) in [7, 11) is 0.0802. The monoisotopic (exact) mass is 438 g/mol. The summed E-state index contributed by atoms with van der Waals surface area (Å²) in [6.07, 6.45) is 13.7. The Morgan fingerprint density at radius 1 is 1.09 bits per heavy atom. The Morgan fingerprint density at radius 2 is 1.87 bits per heavy atom. The van der Waals surface area contributed by atoms with Gasteiger partial charge in [-0.2, -0.15) is 0 Å². The zero-order valence-corrected chi connectivity index (χ0v) is 17.9. The average molecular weight is 440 g/mol. The van der Waals surface area contributed by atoms with E-state index in [0.717, 1.165) is 24.7 Å². The van der Waals surface area contributed by atoms with Crippen LogP contribution in [0.2, 0.25) is 3.63 Å². The number of rotatable bonds is 0. The Morgan fingerprint density at radius 3 is 2.74 bits per heavy atom. The van der Waals surface area contributed by atoms with Crippen LogP contribution in [0, 0.1) is 11.8 Å². The van der Waals surface area contributed by atoms with Crippen LogP contribution in [-0.2, 0) is 23.2 Å². The van der Waals surface area contributed by atoms with Gasteiger partial charge in [0, 0.05) is 0 Å². The van der Waals surface area contributed by atoms with Crippen molar-refractivity contribution in [1.29, 1.82) is 0 Å². The maximum Gasteiger partial charge on any atom is -1.00 e. The van der Waals surface area contributed by atoms with Crippen molar-refractivity contribution in [3.8, 4) is 0 Å². The number of allylic oxidation sites excluding steroid dienone is 5. The van der Waals surface area contributed by atoms with E-state index in [9.17, 15) is 0 Å². The molecule has 3 aliphatic carbocycles. The first-order chi connectivity index (χ1) is 10.3. The smallest absolute Gasteiger partial charge is 1.00 e. The van der Waals surface area contributed by atoms with Gasteiger partial charge in [0.15, 0.2) is 0 Å². The summed E-state index contributed by atoms with van der Waals surface area (Å²) in [6, 6.07) is 9.21. The molecule has 1 aromatic rings. The van der Waals surface area contributed by atoms with Crippen molar-refractivity contribution in [1.82, 2.24) is 0 Å². The standard InChI is InChI=1S/C19H19P.2ClH.Zr/c1-20(18-10-14-6-2-3-7-15(14)11-18)19-12-16-8-4-5-9-17(16)13-19;;;/h2-12,16-17,19H,13H2,1H3;2*1H;/q;;;+2/p-2. The predicted molar refractivity (Wildman–Crippen MR) is 87.4 cm³/mol. The zero-order chi connectivity index (χ0) is 14.0. The third-order valence-corrected chi connectivity index (χ3v) is 15.1. The molecule has 1 aromatic carbocycles. The Labute approximate surface area is 164 Å². The molecule has 118 valence electrons. The molecule has 0 spiro atoms. The average Bonchev–Trinajstić information content (AvgIpc) is 3.07. The summed E-state index contributed by atoms with van der Waals surface area (Å²) in [5.74, 6) is 1.76. The predicted octanol–water partition coefficient (Wildman–Crippen LogP) is -0.783. The van der Waals surface area contributed by atoms with Crippen LogP contribution in [0.25, 0.3) is 6.08 Å². The van der Waals surface area contributed by atoms with E-state index in [1.807, 2.05) is 5.31 Å². The normalized spacial score (nSPS) is 37.7. The van der Waals surface area contributed by atoms with E-state index in [1.54, 1.807) is 11.1 Å². The first-order valence-corrected chi connectivity index (χ1v) is 12.7. The molecule has 0 nitrogen and oxygen atoms in total. The second kappa shape index (κ2) is 6.92. The Kier molecular flexibility index (Phi) is 5.45. The summed E-state index contributed by atoms with van der Waals surface area (Å²) < 4.78 is 1.99. The molecule has 4 heteroatoms. The molecule has 23 heavy (non-hydrogen) atoms. The first-order valence-electron chi connectivity index (χ1n) is 7.97. The van der Waals surface area contributed by atoms with E-state index in [2.05, 4.69) is 61.3 Å². The quantitative estimate of drug-likeness (QED) is 0.465. The number of hydrogen-bond donors (Lipinski definition) is 0. The Bertz CT molecular complexity index is 696. The summed E-state index contributed by atoms with van der Waals surface area (Å²) in [6.45, 7) is 2.58. The molecule has 6 unspecified atom stereocenters. The SMILES string of the molecule is CP1C2=Cc3ccccc3[CH]2[Zr+2][CH]2C3C=CC=CC3CC21.[Cl-].[Cl-]. The van der Waals surface area contributed by atoms with Gasteiger partial charge in [0.05, 0.1) is 0 Å². The van der Waals surface area contributed by atoms with Crippen molar-refractivity contribution in [2.75, 3.05) is 6.66 Å². The molecule has 2 fully saturated rings. The topological polar surface area (TPSA) is 0 Å². The van der Waals surface area contributed by atoms with Crippen LogP contribution in [0.1, 0.15) is 21.2 Å². The molecule has 0 radical (unpaired) electrons. The molecule has 1 saturated carbocycles. The van der Waals surface area contributed by atoms with Crippen molar-refractivity contribution >= 4 is 14.0 Å². The zero-order valence-electron chi connectivity index (χ0n) is 13.0. The third kappa shape index (κ3) is 2.71. The summed E-state index contributed by atoms with van der Waals surface area (Å²) in [5, 5.41) is 1.87. The van der Waals surface area contributed by atoms with Crippen LogP contribution in [0.4, 0.5) is 0 Å². The maximum atomic E-state index is 2.58. The minimum Gasteiger partial charge on any atom is -1.00 e. The first kappa shape index (κ1) is 18.1. The van der Waals surface area contributed by atoms with Crippen molar-refractivity contribution in [3.63, 3.8) is 0 Å². The van der Waals surface area contributed by atoms with Crippen molar-refractivity contribution < 1.29 is 48.0 Å². The molecule has 0 aromatic heterocycles. The minimum absolute atomic E-state index is 0. The van der Waals surface area contributed by atoms with Gasteiger partial charge in [0.2, 0.25) is 0 Å². The number of benzene rings is 1. The second-order valence-corrected chi connectivity index (χ2v) is 13.0. The number of hydrogen-bond acceptors (Lipinski definition) is 0. The second-order valence-electron chi connectivity index (χ2n) is 6.75. The Balaban J connectivity index is 0.000000781. The molecule has 0 amide bonds. The molecule has 0 N–H and O–H groups in total. The van der Waals surface area contributed by atoms with Gasteiger partial charge in [-0.3, -0.25) is 0 Å². The van der Waals surface area contributed by atoms with Crippen LogP contribution >= 0.6 is 7.92 Å². The summed E-state index contributed by atoms with van der Waals surface area (Å²) in [4.78, 5) is 0. The van der Waals surface area contributed by atoms with Crippen molar-refractivity contribution in [2.24, 2.45) is 11.8 Å². The van der Waals surface area contributed by atoms with Crippen LogP contribution in [0.3, 0.4) is 0 Å².